The van der Waals surface area contributed by atoms with Crippen molar-refractivity contribution in [3.63, 3.8) is 0 Å². The molecule has 0 N–H and O–H groups in total. The van der Waals surface area contributed by atoms with Gasteiger partial charge in [0.1, 0.15) is 6.54 Å². The lowest BCUT2D eigenvalue weighted by Crippen LogP contribution is -2.22. The van der Waals surface area contributed by atoms with Crippen LogP contribution in [0.4, 0.5) is 13.2 Å². The fourth-order valence-corrected chi connectivity index (χ4v) is 2.78. The van der Waals surface area contributed by atoms with Gasteiger partial charge in [-0.3, -0.25) is 9.59 Å². The molecule has 28 heavy (non-hydrogen) atoms. The normalized spacial score (nSPS) is 11.6. The van der Waals surface area contributed by atoms with E-state index in [0.29, 0.717) is 5.56 Å². The summed E-state index contributed by atoms with van der Waals surface area (Å²) < 4.78 is 45.4. The number of carbonyl (C=O) groups is 2. The van der Waals surface area contributed by atoms with Gasteiger partial charge in [0.25, 0.3) is 0 Å². The van der Waals surface area contributed by atoms with E-state index in [2.05, 4.69) is 4.98 Å². The van der Waals surface area contributed by atoms with Crippen LogP contribution in [0.2, 0.25) is 0 Å². The van der Waals surface area contributed by atoms with Gasteiger partial charge in [0.15, 0.2) is 12.4 Å². The average molecular weight is 390 g/mol. The molecule has 0 aliphatic rings. The van der Waals surface area contributed by atoms with Crippen molar-refractivity contribution in [3.05, 3.63) is 65.5 Å². The number of aryl methyl sites for hydroxylation is 1. The van der Waals surface area contributed by atoms with Crippen molar-refractivity contribution in [3.8, 4) is 0 Å². The average Bonchev–Trinajstić information content (AvgIpc) is 3.05. The number of carbonyl (C=O) groups excluding carboxylic acids is 2. The van der Waals surface area contributed by atoms with Gasteiger partial charge in [-0.25, -0.2) is 4.98 Å². The monoisotopic (exact) mass is 390 g/mol. The molecule has 0 saturated heterocycles. The van der Waals surface area contributed by atoms with Crippen LogP contribution in [-0.2, 0) is 28.7 Å². The summed E-state index contributed by atoms with van der Waals surface area (Å²) in [6, 6.07) is 12.8. The van der Waals surface area contributed by atoms with Crippen molar-refractivity contribution >= 4 is 22.8 Å². The highest BCUT2D eigenvalue weighted by molar-refractivity contribution is 5.98. The van der Waals surface area contributed by atoms with E-state index in [4.69, 9.17) is 4.74 Å². The summed E-state index contributed by atoms with van der Waals surface area (Å²) in [4.78, 5) is 27.8. The van der Waals surface area contributed by atoms with E-state index in [1.807, 2.05) is 6.92 Å². The van der Waals surface area contributed by atoms with Crippen LogP contribution in [0.3, 0.4) is 0 Å². The summed E-state index contributed by atoms with van der Waals surface area (Å²) in [6.07, 6.45) is -3.90. The van der Waals surface area contributed by atoms with Gasteiger partial charge in [0.2, 0.25) is 5.82 Å². The molecule has 0 fully saturated rings. The zero-order valence-corrected chi connectivity index (χ0v) is 15.0. The topological polar surface area (TPSA) is 61.2 Å². The van der Waals surface area contributed by atoms with E-state index in [1.54, 1.807) is 36.4 Å². The molecule has 0 unspecified atom stereocenters. The van der Waals surface area contributed by atoms with Gasteiger partial charge in [0.05, 0.1) is 11.0 Å². The number of hydrogen-bond donors (Lipinski definition) is 0. The van der Waals surface area contributed by atoms with Crippen LogP contribution in [0.5, 0.6) is 0 Å². The number of rotatable bonds is 6. The Kier molecular flexibility index (Phi) is 5.48. The molecule has 0 amide bonds. The number of Topliss-reactive ketones (excluding diaryl/α,β-unsaturated/α-hetero) is 1. The van der Waals surface area contributed by atoms with Gasteiger partial charge >= 0.3 is 12.1 Å². The fourth-order valence-electron chi connectivity index (χ4n) is 2.78. The lowest BCUT2D eigenvalue weighted by molar-refractivity contribution is -0.150. The van der Waals surface area contributed by atoms with Crippen LogP contribution in [0.1, 0.15) is 28.7 Å². The van der Waals surface area contributed by atoms with Gasteiger partial charge in [-0.1, -0.05) is 43.3 Å². The first-order chi connectivity index (χ1) is 13.3. The fraction of sp³-hybridized carbons (Fsp3) is 0.250. The smallest absolute Gasteiger partial charge is 0.449 e. The Morgan fingerprint density at radius 2 is 1.75 bits per heavy atom. The van der Waals surface area contributed by atoms with E-state index in [9.17, 15) is 22.8 Å². The van der Waals surface area contributed by atoms with Crippen molar-refractivity contribution in [1.29, 1.82) is 0 Å². The molecule has 2 aromatic carbocycles. The molecule has 3 aromatic rings. The molecule has 146 valence electrons. The lowest BCUT2D eigenvalue weighted by atomic mass is 10.1. The third-order valence-electron chi connectivity index (χ3n) is 4.24. The zero-order chi connectivity index (χ0) is 20.3. The summed E-state index contributed by atoms with van der Waals surface area (Å²) in [5.41, 5.74) is 1.71. The predicted molar refractivity (Wildman–Crippen MR) is 95.8 cm³/mol. The maximum atomic E-state index is 13.2. The van der Waals surface area contributed by atoms with Gasteiger partial charge in [-0.2, -0.15) is 13.2 Å². The van der Waals surface area contributed by atoms with Crippen LogP contribution >= 0.6 is 0 Å². The number of nitrogens with zero attached hydrogens (tertiary/aromatic N) is 2. The molecule has 0 saturated carbocycles. The van der Waals surface area contributed by atoms with Crippen LogP contribution in [0, 0.1) is 0 Å². The van der Waals surface area contributed by atoms with E-state index in [-0.39, 0.29) is 11.0 Å². The number of halogens is 3. The molecule has 0 bridgehead atoms. The van der Waals surface area contributed by atoms with Crippen molar-refractivity contribution in [2.75, 3.05) is 6.61 Å². The second kappa shape index (κ2) is 7.84. The molecule has 8 heteroatoms. The first-order valence-electron chi connectivity index (χ1n) is 8.60. The van der Waals surface area contributed by atoms with Crippen molar-refractivity contribution < 1.29 is 27.5 Å². The number of ketones is 1. The van der Waals surface area contributed by atoms with Gasteiger partial charge in [0, 0.05) is 5.56 Å². The molecule has 1 aromatic heterocycles. The third-order valence-corrected chi connectivity index (χ3v) is 4.24. The Balaban J connectivity index is 1.72. The third kappa shape index (κ3) is 4.21. The maximum Gasteiger partial charge on any atom is 0.449 e. The minimum absolute atomic E-state index is 0.120. The summed E-state index contributed by atoms with van der Waals surface area (Å²) >= 11 is 0. The lowest BCUT2D eigenvalue weighted by Gasteiger charge is -2.11. The van der Waals surface area contributed by atoms with E-state index < -0.39 is 36.9 Å². The molecule has 0 spiro atoms. The maximum absolute atomic E-state index is 13.2. The van der Waals surface area contributed by atoms with E-state index in [0.717, 1.165) is 16.6 Å². The first-order valence-corrected chi connectivity index (χ1v) is 8.60. The largest absolute Gasteiger partial charge is 0.456 e. The zero-order valence-electron chi connectivity index (χ0n) is 15.0. The quantitative estimate of drug-likeness (QED) is 0.471. The van der Waals surface area contributed by atoms with Crippen LogP contribution < -0.4 is 0 Å². The minimum Gasteiger partial charge on any atom is -0.456 e. The Morgan fingerprint density at radius 3 is 2.39 bits per heavy atom. The molecular formula is C20H17F3N2O3. The summed E-state index contributed by atoms with van der Waals surface area (Å²) in [5.74, 6) is -2.57. The minimum atomic E-state index is -4.73. The molecule has 5 nitrogen and oxygen atoms in total. The van der Waals surface area contributed by atoms with Crippen LogP contribution in [0.15, 0.2) is 48.5 Å². The van der Waals surface area contributed by atoms with Crippen molar-refractivity contribution in [2.45, 2.75) is 26.1 Å². The number of fused-ring (bicyclic) bond motifs is 1. The number of para-hydroxylation sites is 2. The van der Waals surface area contributed by atoms with E-state index >= 15 is 0 Å². The summed E-state index contributed by atoms with van der Waals surface area (Å²) in [7, 11) is 0. The standard InChI is InChI=1S/C20H17F3N2O3/c1-2-13-7-9-14(10-8-13)17(26)12-28-18(27)11-25-16-6-4-3-5-15(16)24-19(25)20(21,22)23/h3-10H,2,11-12H2,1H3. The first kappa shape index (κ1) is 19.6. The summed E-state index contributed by atoms with van der Waals surface area (Å²) in [5, 5.41) is 0. The second-order valence-electron chi connectivity index (χ2n) is 6.14. The highest BCUT2D eigenvalue weighted by atomic mass is 19.4. The summed E-state index contributed by atoms with van der Waals surface area (Å²) in [6.45, 7) is 0.739. The number of benzene rings is 2. The number of alkyl halides is 3. The Bertz CT molecular complexity index is 1010. The Morgan fingerprint density at radius 1 is 1.07 bits per heavy atom. The SMILES string of the molecule is CCc1ccc(C(=O)COC(=O)Cn2c(C(F)(F)F)nc3ccccc32)cc1. The predicted octanol–water partition coefficient (Wildman–Crippen LogP) is 4.04. The molecule has 1 heterocycles. The Hall–Kier alpha value is -3.16. The molecule has 0 radical (unpaired) electrons. The molecular weight excluding hydrogens is 373 g/mol. The number of imidazole rings is 1. The van der Waals surface area contributed by atoms with Gasteiger partial charge in [-0.05, 0) is 24.1 Å². The van der Waals surface area contributed by atoms with Crippen molar-refractivity contribution in [1.82, 2.24) is 9.55 Å². The Labute approximate surface area is 158 Å². The molecule has 0 atom stereocenters. The number of hydrogen-bond acceptors (Lipinski definition) is 4. The van der Waals surface area contributed by atoms with Crippen LogP contribution in [-0.4, -0.2) is 27.9 Å². The number of ether oxygens (including phenoxy) is 1. The van der Waals surface area contributed by atoms with Crippen LogP contribution in [0.25, 0.3) is 11.0 Å². The molecule has 3 rings (SSSR count). The van der Waals surface area contributed by atoms with Crippen molar-refractivity contribution in [2.24, 2.45) is 0 Å². The molecule has 0 aliphatic carbocycles. The number of esters is 1. The second-order valence-corrected chi connectivity index (χ2v) is 6.14. The highest BCUT2D eigenvalue weighted by Crippen LogP contribution is 2.31. The van der Waals surface area contributed by atoms with Gasteiger partial charge < -0.3 is 9.30 Å². The highest BCUT2D eigenvalue weighted by Gasteiger charge is 2.38. The number of aromatic nitrogens is 2. The van der Waals surface area contributed by atoms with Gasteiger partial charge in [-0.15, -0.1) is 0 Å². The molecule has 0 aliphatic heterocycles. The van der Waals surface area contributed by atoms with E-state index in [1.165, 1.54) is 12.1 Å².